The second-order valence-electron chi connectivity index (χ2n) is 6.09. The maximum absolute atomic E-state index is 2.42. The summed E-state index contributed by atoms with van der Waals surface area (Å²) in [5, 5.41) is 0. The molecule has 0 atom stereocenters. The zero-order valence-electron chi connectivity index (χ0n) is 9.47. The van der Waals surface area contributed by atoms with E-state index in [-0.39, 0.29) is 0 Å². The standard InChI is InChI=1S/C13H24/c1-10(2)12-4-6-13(7-5-12)8-11(3)9-13/h10-12H,4-9H2,1-3H3. The second-order valence-corrected chi connectivity index (χ2v) is 6.09. The molecule has 0 aromatic heterocycles. The fourth-order valence-electron chi connectivity index (χ4n) is 3.75. The minimum absolute atomic E-state index is 0.838. The number of hydrogen-bond donors (Lipinski definition) is 0. The largest absolute Gasteiger partial charge is 0.0625 e. The van der Waals surface area contributed by atoms with Crippen LogP contribution in [0.15, 0.2) is 0 Å². The Morgan fingerprint density at radius 2 is 1.62 bits per heavy atom. The van der Waals surface area contributed by atoms with Crippen molar-refractivity contribution in [3.05, 3.63) is 0 Å². The Kier molecular flexibility index (Phi) is 2.42. The van der Waals surface area contributed by atoms with Gasteiger partial charge < -0.3 is 0 Å². The molecule has 0 bridgehead atoms. The summed E-state index contributed by atoms with van der Waals surface area (Å²) in [6.07, 6.45) is 9.20. The lowest BCUT2D eigenvalue weighted by molar-refractivity contribution is 0.00161. The van der Waals surface area contributed by atoms with Crippen LogP contribution in [0.4, 0.5) is 0 Å². The van der Waals surface area contributed by atoms with Crippen molar-refractivity contribution in [2.45, 2.75) is 59.3 Å². The van der Waals surface area contributed by atoms with Gasteiger partial charge in [-0.15, -0.1) is 0 Å². The summed E-state index contributed by atoms with van der Waals surface area (Å²) < 4.78 is 0. The molecule has 76 valence electrons. The summed E-state index contributed by atoms with van der Waals surface area (Å²) in [6, 6.07) is 0. The Bertz CT molecular complexity index is 164. The van der Waals surface area contributed by atoms with Crippen molar-refractivity contribution in [2.24, 2.45) is 23.2 Å². The van der Waals surface area contributed by atoms with E-state index in [1.54, 1.807) is 12.8 Å². The van der Waals surface area contributed by atoms with Gasteiger partial charge >= 0.3 is 0 Å². The Hall–Kier alpha value is 0. The molecule has 0 radical (unpaired) electrons. The predicted octanol–water partition coefficient (Wildman–Crippen LogP) is 4.25. The Morgan fingerprint density at radius 1 is 1.08 bits per heavy atom. The van der Waals surface area contributed by atoms with Crippen molar-refractivity contribution in [1.82, 2.24) is 0 Å². The lowest BCUT2D eigenvalue weighted by Gasteiger charge is -2.51. The quantitative estimate of drug-likeness (QED) is 0.566. The third-order valence-corrected chi connectivity index (χ3v) is 4.60. The summed E-state index contributed by atoms with van der Waals surface area (Å²) in [7, 11) is 0. The van der Waals surface area contributed by atoms with Gasteiger partial charge in [-0.1, -0.05) is 20.8 Å². The highest BCUT2D eigenvalue weighted by atomic mass is 14.5. The maximum Gasteiger partial charge on any atom is -0.0292 e. The lowest BCUT2D eigenvalue weighted by Crippen LogP contribution is -2.39. The van der Waals surface area contributed by atoms with Gasteiger partial charge in [-0.25, -0.2) is 0 Å². The van der Waals surface area contributed by atoms with Crippen molar-refractivity contribution in [3.63, 3.8) is 0 Å². The number of hydrogen-bond acceptors (Lipinski definition) is 0. The summed E-state index contributed by atoms with van der Waals surface area (Å²) in [6.45, 7) is 7.21. The highest BCUT2D eigenvalue weighted by molar-refractivity contribution is 4.95. The third kappa shape index (κ3) is 1.78. The first-order valence-electron chi connectivity index (χ1n) is 6.11. The first-order valence-corrected chi connectivity index (χ1v) is 6.11. The molecule has 0 aromatic rings. The van der Waals surface area contributed by atoms with Crippen LogP contribution >= 0.6 is 0 Å². The van der Waals surface area contributed by atoms with Gasteiger partial charge in [0, 0.05) is 0 Å². The minimum atomic E-state index is 0.838. The highest BCUT2D eigenvalue weighted by Crippen LogP contribution is 2.56. The van der Waals surface area contributed by atoms with Gasteiger partial charge in [0.15, 0.2) is 0 Å². The third-order valence-electron chi connectivity index (χ3n) is 4.60. The van der Waals surface area contributed by atoms with Gasteiger partial charge in [0.1, 0.15) is 0 Å². The van der Waals surface area contributed by atoms with Crippen LogP contribution in [0.25, 0.3) is 0 Å². The zero-order chi connectivity index (χ0) is 9.47. The van der Waals surface area contributed by atoms with Crippen LogP contribution in [0, 0.1) is 23.2 Å². The van der Waals surface area contributed by atoms with E-state index in [0.717, 1.165) is 23.2 Å². The van der Waals surface area contributed by atoms with E-state index in [2.05, 4.69) is 20.8 Å². The molecule has 0 aliphatic heterocycles. The van der Waals surface area contributed by atoms with Crippen LogP contribution in [0.5, 0.6) is 0 Å². The van der Waals surface area contributed by atoms with E-state index in [0.29, 0.717) is 0 Å². The summed E-state index contributed by atoms with van der Waals surface area (Å²) >= 11 is 0. The van der Waals surface area contributed by atoms with Crippen molar-refractivity contribution in [3.8, 4) is 0 Å². The van der Waals surface area contributed by atoms with Crippen molar-refractivity contribution >= 4 is 0 Å². The summed E-state index contributed by atoms with van der Waals surface area (Å²) in [4.78, 5) is 0. The molecule has 0 aromatic carbocycles. The molecule has 0 heteroatoms. The number of rotatable bonds is 1. The van der Waals surface area contributed by atoms with Crippen LogP contribution in [-0.2, 0) is 0 Å². The first-order chi connectivity index (χ1) is 6.11. The van der Waals surface area contributed by atoms with Crippen LogP contribution < -0.4 is 0 Å². The molecule has 0 heterocycles. The summed E-state index contributed by atoms with van der Waals surface area (Å²) in [5.41, 5.74) is 0.838. The molecule has 2 saturated carbocycles. The topological polar surface area (TPSA) is 0 Å². The van der Waals surface area contributed by atoms with Crippen molar-refractivity contribution < 1.29 is 0 Å². The van der Waals surface area contributed by atoms with Crippen LogP contribution in [0.3, 0.4) is 0 Å². The average Bonchev–Trinajstić information content (AvgIpc) is 2.03. The molecule has 2 aliphatic carbocycles. The maximum atomic E-state index is 2.42. The van der Waals surface area contributed by atoms with Crippen LogP contribution in [-0.4, -0.2) is 0 Å². The monoisotopic (exact) mass is 180 g/mol. The Balaban J connectivity index is 1.83. The van der Waals surface area contributed by atoms with E-state index in [4.69, 9.17) is 0 Å². The van der Waals surface area contributed by atoms with Crippen molar-refractivity contribution in [2.75, 3.05) is 0 Å². The van der Waals surface area contributed by atoms with Crippen molar-refractivity contribution in [1.29, 1.82) is 0 Å². The molecular weight excluding hydrogens is 156 g/mol. The molecule has 0 unspecified atom stereocenters. The lowest BCUT2D eigenvalue weighted by atomic mass is 9.54. The predicted molar refractivity (Wildman–Crippen MR) is 57.6 cm³/mol. The SMILES string of the molecule is CC1CC2(CCC(C(C)C)CC2)C1. The first kappa shape index (κ1) is 9.55. The van der Waals surface area contributed by atoms with Gasteiger partial charge in [0.25, 0.3) is 0 Å². The molecule has 2 fully saturated rings. The molecule has 2 rings (SSSR count). The highest BCUT2D eigenvalue weighted by Gasteiger charge is 2.44. The molecule has 2 aliphatic rings. The molecule has 0 N–H and O–H groups in total. The van der Waals surface area contributed by atoms with Gasteiger partial charge in [-0.05, 0) is 61.7 Å². The Morgan fingerprint density at radius 3 is 2.00 bits per heavy atom. The molecule has 13 heavy (non-hydrogen) atoms. The van der Waals surface area contributed by atoms with Crippen LogP contribution in [0.1, 0.15) is 59.3 Å². The summed E-state index contributed by atoms with van der Waals surface area (Å²) in [5.74, 6) is 3.01. The minimum Gasteiger partial charge on any atom is -0.0625 e. The van der Waals surface area contributed by atoms with E-state index >= 15 is 0 Å². The van der Waals surface area contributed by atoms with E-state index in [1.165, 1.54) is 25.7 Å². The molecular formula is C13H24. The normalized spacial score (nSPS) is 45.2. The van der Waals surface area contributed by atoms with Gasteiger partial charge in [-0.2, -0.15) is 0 Å². The van der Waals surface area contributed by atoms with E-state index < -0.39 is 0 Å². The van der Waals surface area contributed by atoms with Gasteiger partial charge in [-0.3, -0.25) is 0 Å². The molecule has 1 spiro atoms. The average molecular weight is 180 g/mol. The van der Waals surface area contributed by atoms with Gasteiger partial charge in [0.2, 0.25) is 0 Å². The van der Waals surface area contributed by atoms with E-state index in [9.17, 15) is 0 Å². The molecule has 0 amide bonds. The van der Waals surface area contributed by atoms with Crippen LogP contribution in [0.2, 0.25) is 0 Å². The fraction of sp³-hybridized carbons (Fsp3) is 1.00. The second kappa shape index (κ2) is 3.29. The fourth-order valence-corrected chi connectivity index (χ4v) is 3.75. The molecule has 0 saturated heterocycles. The Labute approximate surface area is 83.1 Å². The van der Waals surface area contributed by atoms with E-state index in [1.807, 2.05) is 0 Å². The smallest absolute Gasteiger partial charge is 0.0292 e. The van der Waals surface area contributed by atoms with Gasteiger partial charge in [0.05, 0.1) is 0 Å². The zero-order valence-corrected chi connectivity index (χ0v) is 9.47. The molecule has 0 nitrogen and oxygen atoms in total.